The van der Waals surface area contributed by atoms with Crippen molar-refractivity contribution in [1.29, 1.82) is 0 Å². The van der Waals surface area contributed by atoms with E-state index in [1.165, 1.54) is 12.1 Å². The highest BCUT2D eigenvalue weighted by molar-refractivity contribution is 5.88. The number of benzene rings is 1. The number of hydrogen-bond donors (Lipinski definition) is 1. The highest BCUT2D eigenvalue weighted by Crippen LogP contribution is 2.28. The second-order valence-electron chi connectivity index (χ2n) is 5.32. The van der Waals surface area contributed by atoms with Crippen LogP contribution in [0.5, 0.6) is 11.5 Å². The minimum atomic E-state index is -1.02. The molecule has 1 aromatic rings. The molecule has 0 saturated carbocycles. The molecule has 1 N–H and O–H groups in total. The van der Waals surface area contributed by atoms with Crippen molar-refractivity contribution in [3.63, 3.8) is 0 Å². The third-order valence-electron chi connectivity index (χ3n) is 3.52. The van der Waals surface area contributed by atoms with Crippen molar-refractivity contribution in [3.05, 3.63) is 23.8 Å². The Hall–Kier alpha value is -1.83. The summed E-state index contributed by atoms with van der Waals surface area (Å²) in [6.45, 7) is 2.15. The van der Waals surface area contributed by atoms with E-state index in [-0.39, 0.29) is 18.5 Å². The molecule has 1 saturated heterocycles. The van der Waals surface area contributed by atoms with Crippen LogP contribution in [0.3, 0.4) is 0 Å². The van der Waals surface area contributed by atoms with Gasteiger partial charge in [0.15, 0.2) is 17.8 Å². The van der Waals surface area contributed by atoms with Crippen LogP contribution in [0.4, 0.5) is 0 Å². The Labute approximate surface area is 141 Å². The maximum absolute atomic E-state index is 11.1. The fourth-order valence-electron chi connectivity index (χ4n) is 2.28. The molecule has 1 aromatic carbocycles. The van der Waals surface area contributed by atoms with Crippen molar-refractivity contribution in [3.8, 4) is 11.5 Å². The lowest BCUT2D eigenvalue weighted by atomic mass is 10.2. The maximum atomic E-state index is 11.1. The Balaban J connectivity index is 1.87. The normalized spacial score (nSPS) is 17.5. The van der Waals surface area contributed by atoms with Gasteiger partial charge in [-0.25, -0.2) is 4.79 Å². The van der Waals surface area contributed by atoms with Crippen LogP contribution in [0, 0.1) is 0 Å². The Morgan fingerprint density at radius 1 is 1.17 bits per heavy atom. The number of carbonyl (C=O) groups is 1. The summed E-state index contributed by atoms with van der Waals surface area (Å²) in [5.74, 6) is -0.166. The van der Waals surface area contributed by atoms with Crippen LogP contribution in [-0.2, 0) is 14.2 Å². The summed E-state index contributed by atoms with van der Waals surface area (Å²) in [5.41, 5.74) is 0.139. The van der Waals surface area contributed by atoms with E-state index in [2.05, 4.69) is 0 Å². The van der Waals surface area contributed by atoms with Crippen LogP contribution < -0.4 is 9.47 Å². The first-order valence-corrected chi connectivity index (χ1v) is 8.06. The van der Waals surface area contributed by atoms with Crippen LogP contribution in [0.25, 0.3) is 0 Å². The van der Waals surface area contributed by atoms with Gasteiger partial charge in [0.1, 0.15) is 13.2 Å². The zero-order chi connectivity index (χ0) is 17.2. The fourth-order valence-corrected chi connectivity index (χ4v) is 2.28. The van der Waals surface area contributed by atoms with Crippen molar-refractivity contribution in [1.82, 2.24) is 0 Å². The highest BCUT2D eigenvalue weighted by Gasteiger charge is 2.14. The van der Waals surface area contributed by atoms with Gasteiger partial charge in [0.25, 0.3) is 0 Å². The summed E-state index contributed by atoms with van der Waals surface area (Å²) in [6.07, 6.45) is 2.88. The lowest BCUT2D eigenvalue weighted by Gasteiger charge is -2.22. The van der Waals surface area contributed by atoms with Gasteiger partial charge in [0.05, 0.1) is 18.8 Å². The molecule has 24 heavy (non-hydrogen) atoms. The van der Waals surface area contributed by atoms with Gasteiger partial charge in [-0.1, -0.05) is 0 Å². The summed E-state index contributed by atoms with van der Waals surface area (Å²) < 4.78 is 27.2. The molecular weight excluding hydrogens is 316 g/mol. The average Bonchev–Trinajstić information content (AvgIpc) is 2.60. The fraction of sp³-hybridized carbons (Fsp3) is 0.588. The van der Waals surface area contributed by atoms with Gasteiger partial charge in [0.2, 0.25) is 0 Å². The topological polar surface area (TPSA) is 83.5 Å². The molecule has 7 heteroatoms. The van der Waals surface area contributed by atoms with Crippen LogP contribution in [-0.4, -0.2) is 57.5 Å². The Morgan fingerprint density at radius 2 is 1.96 bits per heavy atom. The quantitative estimate of drug-likeness (QED) is 0.654. The van der Waals surface area contributed by atoms with E-state index in [1.54, 1.807) is 13.2 Å². The molecule has 1 heterocycles. The van der Waals surface area contributed by atoms with E-state index in [0.29, 0.717) is 31.3 Å². The summed E-state index contributed by atoms with van der Waals surface area (Å²) in [6, 6.07) is 4.50. The largest absolute Gasteiger partial charge is 0.487 e. The lowest BCUT2D eigenvalue weighted by Crippen LogP contribution is -2.24. The average molecular weight is 340 g/mol. The van der Waals surface area contributed by atoms with Gasteiger partial charge in [-0.2, -0.15) is 0 Å². The molecule has 1 fully saturated rings. The van der Waals surface area contributed by atoms with E-state index in [4.69, 9.17) is 28.8 Å². The van der Waals surface area contributed by atoms with E-state index in [9.17, 15) is 4.79 Å². The molecule has 7 nitrogen and oxygen atoms in total. The monoisotopic (exact) mass is 340 g/mol. The number of ether oxygens (including phenoxy) is 5. The first kappa shape index (κ1) is 18.5. The molecule has 0 amide bonds. The molecule has 0 aromatic heterocycles. The standard InChI is InChI=1S/C17H24O7/c1-20-8-9-21-14-6-5-13(17(18)19)12-15(14)22-10-11-24-16-4-2-3-7-23-16/h5-6,12,16H,2-4,7-11H2,1H3,(H,18,19). The molecule has 0 radical (unpaired) electrons. The van der Waals surface area contributed by atoms with Crippen molar-refractivity contribution in [2.45, 2.75) is 25.6 Å². The molecule has 1 aliphatic rings. The van der Waals surface area contributed by atoms with Crippen molar-refractivity contribution < 1.29 is 33.6 Å². The molecule has 0 aliphatic carbocycles. The molecule has 2 rings (SSSR count). The second-order valence-corrected chi connectivity index (χ2v) is 5.32. The number of carboxylic acids is 1. The van der Waals surface area contributed by atoms with Gasteiger partial charge in [-0.15, -0.1) is 0 Å². The van der Waals surface area contributed by atoms with Crippen LogP contribution in [0.1, 0.15) is 29.6 Å². The van der Waals surface area contributed by atoms with Gasteiger partial charge in [0, 0.05) is 13.7 Å². The summed E-state index contributed by atoms with van der Waals surface area (Å²) in [7, 11) is 1.58. The first-order valence-electron chi connectivity index (χ1n) is 8.06. The maximum Gasteiger partial charge on any atom is 0.335 e. The molecular formula is C17H24O7. The van der Waals surface area contributed by atoms with Crippen LogP contribution in [0.2, 0.25) is 0 Å². The highest BCUT2D eigenvalue weighted by atomic mass is 16.7. The predicted octanol–water partition coefficient (Wildman–Crippen LogP) is 2.33. The SMILES string of the molecule is COCCOc1ccc(C(=O)O)cc1OCCOC1CCCCO1. The summed E-state index contributed by atoms with van der Waals surface area (Å²) in [4.78, 5) is 11.1. The number of methoxy groups -OCH3 is 1. The molecule has 134 valence electrons. The third-order valence-corrected chi connectivity index (χ3v) is 3.52. The zero-order valence-electron chi connectivity index (χ0n) is 13.9. The van der Waals surface area contributed by atoms with Crippen LogP contribution >= 0.6 is 0 Å². The molecule has 0 bridgehead atoms. The first-order chi connectivity index (χ1) is 11.7. The Morgan fingerprint density at radius 3 is 2.67 bits per heavy atom. The van der Waals surface area contributed by atoms with Gasteiger partial charge < -0.3 is 28.8 Å². The minimum absolute atomic E-state index is 0.139. The van der Waals surface area contributed by atoms with Crippen molar-refractivity contribution in [2.75, 3.05) is 40.1 Å². The predicted molar refractivity (Wildman–Crippen MR) is 85.8 cm³/mol. The molecule has 1 atom stereocenters. The number of carboxylic acid groups (broad SMARTS) is 1. The Kier molecular flexibility index (Phi) is 7.81. The lowest BCUT2D eigenvalue weighted by molar-refractivity contribution is -0.165. The summed E-state index contributed by atoms with van der Waals surface area (Å²) in [5, 5.41) is 9.10. The van der Waals surface area contributed by atoms with Crippen LogP contribution in [0.15, 0.2) is 18.2 Å². The van der Waals surface area contributed by atoms with Crippen molar-refractivity contribution in [2.24, 2.45) is 0 Å². The minimum Gasteiger partial charge on any atom is -0.487 e. The van der Waals surface area contributed by atoms with Crippen molar-refractivity contribution >= 4 is 5.97 Å². The molecule has 1 aliphatic heterocycles. The van der Waals surface area contributed by atoms with E-state index in [0.717, 1.165) is 25.9 Å². The number of hydrogen-bond acceptors (Lipinski definition) is 6. The smallest absolute Gasteiger partial charge is 0.335 e. The zero-order valence-corrected chi connectivity index (χ0v) is 13.9. The number of aromatic carboxylic acids is 1. The van der Waals surface area contributed by atoms with Gasteiger partial charge >= 0.3 is 5.97 Å². The third kappa shape index (κ3) is 5.99. The molecule has 0 spiro atoms. The van der Waals surface area contributed by atoms with E-state index >= 15 is 0 Å². The van der Waals surface area contributed by atoms with Gasteiger partial charge in [-0.05, 0) is 37.5 Å². The summed E-state index contributed by atoms with van der Waals surface area (Å²) >= 11 is 0. The van der Waals surface area contributed by atoms with Gasteiger partial charge in [-0.3, -0.25) is 0 Å². The second kappa shape index (κ2) is 10.1. The van der Waals surface area contributed by atoms with E-state index in [1.807, 2.05) is 0 Å². The van der Waals surface area contributed by atoms with E-state index < -0.39 is 5.97 Å². The molecule has 1 unspecified atom stereocenters. The number of rotatable bonds is 10. The Bertz CT molecular complexity index is 512.